The van der Waals surface area contributed by atoms with Gasteiger partial charge in [0.15, 0.2) is 0 Å². The van der Waals surface area contributed by atoms with Gasteiger partial charge in [-0.2, -0.15) is 0 Å². The van der Waals surface area contributed by atoms with Gasteiger partial charge >= 0.3 is 7.69 Å². The first kappa shape index (κ1) is 10.8. The van der Waals surface area contributed by atoms with Gasteiger partial charge in [0.25, 0.3) is 0 Å². The Hall–Kier alpha value is -0.0951. The minimum absolute atomic E-state index is 0.0938. The van der Waals surface area contributed by atoms with Crippen molar-refractivity contribution >= 4 is 7.69 Å². The van der Waals surface area contributed by atoms with Gasteiger partial charge in [0, 0.05) is 13.2 Å². The van der Waals surface area contributed by atoms with Crippen LogP contribution in [0.1, 0.15) is 6.42 Å². The topological polar surface area (TPSA) is 80.9 Å². The zero-order valence-electron chi connectivity index (χ0n) is 4.62. The molecule has 4 nitrogen and oxygen atoms in total. The molecule has 0 radical (unpaired) electrons. The Morgan fingerprint density at radius 2 is 1.25 bits per heavy atom. The van der Waals surface area contributed by atoms with Gasteiger partial charge in [-0.1, -0.05) is 0 Å². The molecule has 0 amide bonds. The number of rotatable bonds is 2. The lowest BCUT2D eigenvalue weighted by molar-refractivity contribution is 0.221. The van der Waals surface area contributed by atoms with Gasteiger partial charge in [0.05, 0.1) is 0 Å². The van der Waals surface area contributed by atoms with Crippen LogP contribution in [-0.2, 0) is 0 Å². The summed E-state index contributed by atoms with van der Waals surface area (Å²) >= 11 is 0. The summed E-state index contributed by atoms with van der Waals surface area (Å²) in [6, 6.07) is 0. The second-order valence-corrected chi connectivity index (χ2v) is 0.942. The minimum Gasteiger partial charge on any atom is -0.430 e. The van der Waals surface area contributed by atoms with Crippen molar-refractivity contribution < 1.29 is 20.3 Å². The minimum atomic E-state index is -0.750. The van der Waals surface area contributed by atoms with E-state index in [1.165, 1.54) is 0 Å². The van der Waals surface area contributed by atoms with Crippen LogP contribution in [0.5, 0.6) is 0 Å². The highest BCUT2D eigenvalue weighted by Gasteiger charge is 1.70. The Bertz CT molecular complexity index is 25.2. The van der Waals surface area contributed by atoms with Crippen molar-refractivity contribution in [1.29, 1.82) is 0 Å². The fraction of sp³-hybridized carbons (Fsp3) is 1.00. The molecule has 0 aromatic heterocycles. The van der Waals surface area contributed by atoms with E-state index in [1.54, 1.807) is 0 Å². The van der Waals surface area contributed by atoms with Crippen LogP contribution in [0, 0.1) is 0 Å². The van der Waals surface area contributed by atoms with Gasteiger partial charge in [0.2, 0.25) is 0 Å². The van der Waals surface area contributed by atoms with Crippen LogP contribution in [-0.4, -0.2) is 41.2 Å². The molecule has 0 saturated carbocycles. The number of hydrogen-bond donors (Lipinski definition) is 4. The second kappa shape index (κ2) is 15.8. The van der Waals surface area contributed by atoms with Gasteiger partial charge in [-0.3, -0.25) is 0 Å². The Balaban J connectivity index is 0. The summed E-state index contributed by atoms with van der Waals surface area (Å²) in [5.74, 6) is 0. The van der Waals surface area contributed by atoms with Crippen molar-refractivity contribution in [3.05, 3.63) is 0 Å². The van der Waals surface area contributed by atoms with Crippen LogP contribution >= 0.6 is 0 Å². The van der Waals surface area contributed by atoms with Gasteiger partial charge in [-0.15, -0.1) is 0 Å². The highest BCUT2D eigenvalue weighted by atomic mass is 16.4. The van der Waals surface area contributed by atoms with Crippen LogP contribution < -0.4 is 0 Å². The third-order valence-electron chi connectivity index (χ3n) is 0.316. The van der Waals surface area contributed by atoms with E-state index in [0.29, 0.717) is 6.42 Å². The average Bonchev–Trinajstić information content (AvgIpc) is 1.71. The summed E-state index contributed by atoms with van der Waals surface area (Å²) < 4.78 is 0. The molecule has 0 atom stereocenters. The van der Waals surface area contributed by atoms with Gasteiger partial charge < -0.3 is 20.3 Å². The lowest BCUT2D eigenvalue weighted by atomic mass is 10.5. The quantitative estimate of drug-likeness (QED) is 0.308. The number of hydrogen-bond acceptors (Lipinski definition) is 4. The van der Waals surface area contributed by atoms with E-state index in [9.17, 15) is 0 Å². The molecular weight excluding hydrogens is 111 g/mol. The highest BCUT2D eigenvalue weighted by molar-refractivity contribution is 6.13. The van der Waals surface area contributed by atoms with Gasteiger partial charge in [-0.05, 0) is 6.42 Å². The third kappa shape index (κ3) is 39.1. The number of aliphatic hydroxyl groups excluding tert-OH is 2. The molecule has 0 aliphatic rings. The molecule has 8 heavy (non-hydrogen) atoms. The van der Waals surface area contributed by atoms with E-state index in [-0.39, 0.29) is 13.2 Å². The Morgan fingerprint density at radius 3 is 1.25 bits per heavy atom. The fourth-order valence-electron chi connectivity index (χ4n) is 0.0707. The predicted molar refractivity (Wildman–Crippen MR) is 30.4 cm³/mol. The van der Waals surface area contributed by atoms with Crippen LogP contribution in [0.4, 0.5) is 0 Å². The third-order valence-corrected chi connectivity index (χ3v) is 0.316. The Kier molecular flexibility index (Phi) is 21.3. The second-order valence-electron chi connectivity index (χ2n) is 0.942. The lowest BCUT2D eigenvalue weighted by Gasteiger charge is -1.79. The first-order chi connectivity index (χ1) is 3.83. The molecule has 0 aliphatic heterocycles. The predicted octanol–water partition coefficient (Wildman–Crippen LogP) is -2.40. The monoisotopic (exact) mass is 122 g/mol. The van der Waals surface area contributed by atoms with Crippen molar-refractivity contribution in [3.8, 4) is 0 Å². The summed E-state index contributed by atoms with van der Waals surface area (Å²) in [7, 11) is -0.750. The van der Waals surface area contributed by atoms with Gasteiger partial charge in [0.1, 0.15) is 0 Å². The molecule has 4 N–H and O–H groups in total. The van der Waals surface area contributed by atoms with Crippen LogP contribution in [0.2, 0.25) is 0 Å². The molecule has 5 heteroatoms. The zero-order valence-corrected chi connectivity index (χ0v) is 4.62. The smallest absolute Gasteiger partial charge is 0.430 e. The van der Waals surface area contributed by atoms with E-state index >= 15 is 0 Å². The molecule has 0 aliphatic carbocycles. The van der Waals surface area contributed by atoms with Gasteiger partial charge in [-0.25, -0.2) is 0 Å². The molecule has 0 unspecified atom stereocenters. The van der Waals surface area contributed by atoms with E-state index < -0.39 is 7.69 Å². The van der Waals surface area contributed by atoms with Crippen molar-refractivity contribution in [2.24, 2.45) is 0 Å². The molecular formula is C3H11BO4. The maximum Gasteiger partial charge on any atom is 0.432 e. The highest BCUT2D eigenvalue weighted by Crippen LogP contribution is 1.65. The van der Waals surface area contributed by atoms with Crippen LogP contribution in [0.15, 0.2) is 0 Å². The summed E-state index contributed by atoms with van der Waals surface area (Å²) in [4.78, 5) is 0. The van der Waals surface area contributed by atoms with E-state index in [4.69, 9.17) is 20.3 Å². The van der Waals surface area contributed by atoms with Crippen molar-refractivity contribution in [2.75, 3.05) is 13.2 Å². The van der Waals surface area contributed by atoms with Crippen LogP contribution in [0.25, 0.3) is 0 Å². The van der Waals surface area contributed by atoms with Crippen LogP contribution in [0.3, 0.4) is 0 Å². The largest absolute Gasteiger partial charge is 0.432 e. The average molecular weight is 122 g/mol. The summed E-state index contributed by atoms with van der Waals surface area (Å²) in [5, 5.41) is 30.1. The SMILES string of the molecule is OBO.OCCCO. The molecule has 0 fully saturated rings. The van der Waals surface area contributed by atoms with Crippen molar-refractivity contribution in [2.45, 2.75) is 6.42 Å². The van der Waals surface area contributed by atoms with E-state index in [1.807, 2.05) is 0 Å². The first-order valence-corrected chi connectivity index (χ1v) is 2.26. The molecule has 50 valence electrons. The zero-order chi connectivity index (χ0) is 6.83. The number of aliphatic hydroxyl groups is 2. The van der Waals surface area contributed by atoms with E-state index in [2.05, 4.69) is 0 Å². The summed E-state index contributed by atoms with van der Waals surface area (Å²) in [6.45, 7) is 0.188. The maximum absolute atomic E-state index is 7.91. The first-order valence-electron chi connectivity index (χ1n) is 2.26. The molecule has 0 heterocycles. The fourth-order valence-corrected chi connectivity index (χ4v) is 0.0707. The molecule has 0 aromatic rings. The molecule has 0 rings (SSSR count). The van der Waals surface area contributed by atoms with E-state index in [0.717, 1.165) is 0 Å². The molecule has 0 bridgehead atoms. The Labute approximate surface area is 48.7 Å². The normalized spacial score (nSPS) is 7.00. The maximum atomic E-state index is 7.91. The van der Waals surface area contributed by atoms with Crippen molar-refractivity contribution in [3.63, 3.8) is 0 Å². The van der Waals surface area contributed by atoms with Crippen molar-refractivity contribution in [1.82, 2.24) is 0 Å². The lowest BCUT2D eigenvalue weighted by Crippen LogP contribution is -1.85. The molecule has 0 saturated heterocycles. The summed E-state index contributed by atoms with van der Waals surface area (Å²) in [5.41, 5.74) is 0. The molecule has 0 aromatic carbocycles. The standard InChI is InChI=1S/C3H8O2.BH3O2/c4-2-1-3-5;2-1-3/h4-5H,1-3H2;1-3H. The summed E-state index contributed by atoms with van der Waals surface area (Å²) in [6.07, 6.45) is 0.500. The Morgan fingerprint density at radius 1 is 1.00 bits per heavy atom. The molecule has 0 spiro atoms.